The quantitative estimate of drug-likeness (QED) is 0.685. The van der Waals surface area contributed by atoms with Crippen molar-refractivity contribution in [1.82, 2.24) is 35.7 Å². The minimum Gasteiger partial charge on any atom is -0.304 e. The van der Waals surface area contributed by atoms with E-state index in [2.05, 4.69) is 47.0 Å². The van der Waals surface area contributed by atoms with Crippen LogP contribution in [0.25, 0.3) is 5.69 Å². The zero-order valence-corrected chi connectivity index (χ0v) is 13.6. The van der Waals surface area contributed by atoms with E-state index in [-0.39, 0.29) is 13.1 Å². The molecule has 2 N–H and O–H groups in total. The van der Waals surface area contributed by atoms with Crippen LogP contribution >= 0.6 is 15.9 Å². The number of alkyl halides is 3. The van der Waals surface area contributed by atoms with Crippen molar-refractivity contribution in [3.63, 3.8) is 0 Å². The van der Waals surface area contributed by atoms with E-state index in [0.717, 1.165) is 16.2 Å². The number of aromatic nitrogens is 6. The van der Waals surface area contributed by atoms with Crippen molar-refractivity contribution in [2.75, 3.05) is 0 Å². The van der Waals surface area contributed by atoms with E-state index in [1.54, 1.807) is 4.68 Å². The average Bonchev–Trinajstić information content (AvgIpc) is 3.17. The molecule has 0 radical (unpaired) electrons. The van der Waals surface area contributed by atoms with Gasteiger partial charge in [-0.1, -0.05) is 15.9 Å². The van der Waals surface area contributed by atoms with Crippen molar-refractivity contribution >= 4 is 15.9 Å². The van der Waals surface area contributed by atoms with Crippen molar-refractivity contribution in [1.29, 1.82) is 0 Å². The smallest absolute Gasteiger partial charge is 0.304 e. The standard InChI is InChI=1S/C13H11BrF3N7/c14-8-1-3-10(4-2-8)24-12(21-22-23-24)7-18-6-9-5-11(20-19-9)13(15,16)17/h1-5,18H,6-7H2,(H,19,20). The minimum atomic E-state index is -4.46. The fraction of sp³-hybridized carbons (Fsp3) is 0.231. The molecule has 0 unspecified atom stereocenters. The first kappa shape index (κ1) is 16.6. The van der Waals surface area contributed by atoms with Crippen LogP contribution in [0.4, 0.5) is 13.2 Å². The Hall–Kier alpha value is -2.27. The summed E-state index contributed by atoms with van der Waals surface area (Å²) in [5.74, 6) is 0.535. The molecular formula is C13H11BrF3N7. The van der Waals surface area contributed by atoms with Crippen LogP contribution in [0.2, 0.25) is 0 Å². The summed E-state index contributed by atoms with van der Waals surface area (Å²) in [6.07, 6.45) is -4.46. The summed E-state index contributed by atoms with van der Waals surface area (Å²) in [5.41, 5.74) is 0.157. The van der Waals surface area contributed by atoms with Crippen LogP contribution in [0.3, 0.4) is 0 Å². The van der Waals surface area contributed by atoms with Crippen molar-refractivity contribution in [3.05, 3.63) is 52.0 Å². The molecule has 7 nitrogen and oxygen atoms in total. The molecule has 0 spiro atoms. The molecule has 3 aromatic rings. The number of tetrazole rings is 1. The fourth-order valence-corrected chi connectivity index (χ4v) is 2.27. The van der Waals surface area contributed by atoms with Crippen molar-refractivity contribution < 1.29 is 13.2 Å². The molecule has 0 aliphatic heterocycles. The lowest BCUT2D eigenvalue weighted by Gasteiger charge is -2.05. The minimum absolute atomic E-state index is 0.177. The van der Waals surface area contributed by atoms with Crippen LogP contribution in [0.5, 0.6) is 0 Å². The number of nitrogens with one attached hydrogen (secondary N) is 2. The van der Waals surface area contributed by atoms with E-state index in [9.17, 15) is 13.2 Å². The van der Waals surface area contributed by atoms with Gasteiger partial charge in [0.15, 0.2) is 11.5 Å². The molecule has 2 heterocycles. The lowest BCUT2D eigenvalue weighted by Crippen LogP contribution is -2.17. The van der Waals surface area contributed by atoms with Crippen LogP contribution in [0, 0.1) is 0 Å². The third-order valence-corrected chi connectivity index (χ3v) is 3.65. The van der Waals surface area contributed by atoms with Crippen molar-refractivity contribution in [3.8, 4) is 5.69 Å². The Kier molecular flexibility index (Phi) is 4.62. The Morgan fingerprint density at radius 2 is 1.92 bits per heavy atom. The summed E-state index contributed by atoms with van der Waals surface area (Å²) < 4.78 is 39.9. The lowest BCUT2D eigenvalue weighted by molar-refractivity contribution is -0.141. The van der Waals surface area contributed by atoms with Crippen LogP contribution in [-0.2, 0) is 19.3 Å². The SMILES string of the molecule is FC(F)(F)c1cc(CNCc2nnnn2-c2ccc(Br)cc2)[nH]n1. The second kappa shape index (κ2) is 6.69. The first-order valence-corrected chi connectivity index (χ1v) is 7.58. The van der Waals surface area contributed by atoms with E-state index in [4.69, 9.17) is 0 Å². The number of rotatable bonds is 5. The first-order valence-electron chi connectivity index (χ1n) is 6.79. The molecule has 0 aliphatic carbocycles. The van der Waals surface area contributed by atoms with Gasteiger partial charge in [0.25, 0.3) is 0 Å². The van der Waals surface area contributed by atoms with Gasteiger partial charge in [0.1, 0.15) is 0 Å². The highest BCUT2D eigenvalue weighted by atomic mass is 79.9. The number of hydrogen-bond donors (Lipinski definition) is 2. The van der Waals surface area contributed by atoms with E-state index in [1.165, 1.54) is 0 Å². The summed E-state index contributed by atoms with van der Waals surface area (Å²) in [4.78, 5) is 0. The van der Waals surface area contributed by atoms with Gasteiger partial charge in [0, 0.05) is 16.7 Å². The Bertz CT molecular complexity index is 810. The number of benzene rings is 1. The lowest BCUT2D eigenvalue weighted by atomic mass is 10.3. The van der Waals surface area contributed by atoms with Gasteiger partial charge in [0.2, 0.25) is 0 Å². The van der Waals surface area contributed by atoms with Gasteiger partial charge in [0.05, 0.1) is 12.2 Å². The van der Waals surface area contributed by atoms with Gasteiger partial charge < -0.3 is 5.32 Å². The number of hydrogen-bond acceptors (Lipinski definition) is 5. The molecular weight excluding hydrogens is 391 g/mol. The Balaban J connectivity index is 1.63. The molecule has 0 aliphatic rings. The maximum Gasteiger partial charge on any atom is 0.435 e. The maximum absolute atomic E-state index is 12.5. The summed E-state index contributed by atoms with van der Waals surface area (Å²) >= 11 is 3.35. The van der Waals surface area contributed by atoms with Crippen LogP contribution < -0.4 is 5.32 Å². The number of aromatic amines is 1. The number of nitrogens with zero attached hydrogens (tertiary/aromatic N) is 5. The van der Waals surface area contributed by atoms with Gasteiger partial charge in [-0.25, -0.2) is 0 Å². The third kappa shape index (κ3) is 3.79. The Morgan fingerprint density at radius 1 is 1.17 bits per heavy atom. The van der Waals surface area contributed by atoms with E-state index >= 15 is 0 Å². The van der Waals surface area contributed by atoms with Crippen molar-refractivity contribution in [2.24, 2.45) is 0 Å². The van der Waals surface area contributed by atoms with Crippen molar-refractivity contribution in [2.45, 2.75) is 19.3 Å². The highest BCUT2D eigenvalue weighted by molar-refractivity contribution is 9.10. The molecule has 0 saturated heterocycles. The second-order valence-electron chi connectivity index (χ2n) is 4.86. The average molecular weight is 402 g/mol. The molecule has 0 amide bonds. The van der Waals surface area contributed by atoms with Crippen LogP contribution in [0.1, 0.15) is 17.2 Å². The zero-order chi connectivity index (χ0) is 17.2. The predicted octanol–water partition coefficient (Wildman–Crippen LogP) is 2.46. The number of H-pyrrole nitrogens is 1. The van der Waals surface area contributed by atoms with E-state index in [0.29, 0.717) is 11.5 Å². The molecule has 0 atom stereocenters. The summed E-state index contributed by atoms with van der Waals surface area (Å²) in [6.45, 7) is 0.458. The summed E-state index contributed by atoms with van der Waals surface area (Å²) in [5, 5.41) is 20.0. The van der Waals surface area contributed by atoms with Crippen LogP contribution in [0.15, 0.2) is 34.8 Å². The summed E-state index contributed by atoms with van der Waals surface area (Å²) in [7, 11) is 0. The first-order chi connectivity index (χ1) is 11.4. The van der Waals surface area contributed by atoms with Gasteiger partial charge in [-0.3, -0.25) is 5.10 Å². The largest absolute Gasteiger partial charge is 0.435 e. The van der Waals surface area contributed by atoms with Gasteiger partial charge in [-0.05, 0) is 40.8 Å². The van der Waals surface area contributed by atoms with Gasteiger partial charge in [-0.15, -0.1) is 5.10 Å². The molecule has 3 rings (SSSR count). The summed E-state index contributed by atoms with van der Waals surface area (Å²) in [6, 6.07) is 8.36. The molecule has 0 saturated carbocycles. The Morgan fingerprint density at radius 3 is 2.58 bits per heavy atom. The maximum atomic E-state index is 12.5. The highest BCUT2D eigenvalue weighted by Gasteiger charge is 2.33. The molecule has 1 aromatic carbocycles. The molecule has 2 aromatic heterocycles. The van der Waals surface area contributed by atoms with E-state index < -0.39 is 11.9 Å². The number of halogens is 4. The molecule has 11 heteroatoms. The molecule has 24 heavy (non-hydrogen) atoms. The monoisotopic (exact) mass is 401 g/mol. The topological polar surface area (TPSA) is 84.3 Å². The second-order valence-corrected chi connectivity index (χ2v) is 5.78. The van der Waals surface area contributed by atoms with Gasteiger partial charge >= 0.3 is 6.18 Å². The van der Waals surface area contributed by atoms with Gasteiger partial charge in [-0.2, -0.15) is 23.0 Å². The fourth-order valence-electron chi connectivity index (χ4n) is 2.01. The molecule has 0 fully saturated rings. The molecule has 0 bridgehead atoms. The Labute approximate surface area is 142 Å². The van der Waals surface area contributed by atoms with E-state index in [1.807, 2.05) is 24.3 Å². The normalized spacial score (nSPS) is 11.8. The third-order valence-electron chi connectivity index (χ3n) is 3.13. The van der Waals surface area contributed by atoms with Crippen LogP contribution in [-0.4, -0.2) is 30.4 Å². The molecule has 126 valence electrons. The predicted molar refractivity (Wildman–Crippen MR) is 81.0 cm³/mol. The highest BCUT2D eigenvalue weighted by Crippen LogP contribution is 2.27. The zero-order valence-electron chi connectivity index (χ0n) is 12.0.